The van der Waals surface area contributed by atoms with Crippen molar-refractivity contribution in [2.75, 3.05) is 0 Å². The Morgan fingerprint density at radius 2 is 2.00 bits per heavy atom. The third kappa shape index (κ3) is 2.12. The fraction of sp³-hybridized carbons (Fsp3) is 0.500. The Labute approximate surface area is 105 Å². The molecule has 2 heterocycles. The van der Waals surface area contributed by atoms with E-state index in [2.05, 4.69) is 29.0 Å². The van der Waals surface area contributed by atoms with Crippen LogP contribution in [0.5, 0.6) is 0 Å². The normalized spacial score (nSPS) is 13.0. The van der Waals surface area contributed by atoms with E-state index in [9.17, 15) is 0 Å². The largest absolute Gasteiger partial charge is 0.325 e. The first-order chi connectivity index (χ1) is 7.82. The molecular formula is C12H18N4S. The maximum atomic E-state index is 6.19. The summed E-state index contributed by atoms with van der Waals surface area (Å²) < 4.78 is 0. The molecule has 0 aromatic carbocycles. The summed E-state index contributed by atoms with van der Waals surface area (Å²) in [6.07, 6.45) is 0. The Kier molecular flexibility index (Phi) is 2.83. The van der Waals surface area contributed by atoms with E-state index in [1.54, 1.807) is 11.3 Å². The van der Waals surface area contributed by atoms with E-state index in [0.29, 0.717) is 0 Å². The van der Waals surface area contributed by atoms with Crippen molar-refractivity contribution in [3.63, 3.8) is 0 Å². The number of rotatable bonds is 3. The maximum Gasteiger partial charge on any atom is 0.191 e. The molecule has 5 heteroatoms. The predicted octanol–water partition coefficient (Wildman–Crippen LogP) is 2.55. The number of hydrogen-bond acceptors (Lipinski definition) is 4. The quantitative estimate of drug-likeness (QED) is 0.879. The van der Waals surface area contributed by atoms with E-state index >= 15 is 0 Å². The minimum atomic E-state index is -0.362. The van der Waals surface area contributed by atoms with Crippen LogP contribution in [0.3, 0.4) is 0 Å². The van der Waals surface area contributed by atoms with Gasteiger partial charge in [0.2, 0.25) is 0 Å². The Balaban J connectivity index is 2.37. The Morgan fingerprint density at radius 3 is 2.53 bits per heavy atom. The SMILES string of the molecule is CC(C)(N)C(C)(C)c1nc(-c2cccs2)n[nH]1. The van der Waals surface area contributed by atoms with Gasteiger partial charge in [0, 0.05) is 11.0 Å². The van der Waals surface area contributed by atoms with Crippen molar-refractivity contribution in [2.24, 2.45) is 5.73 Å². The summed E-state index contributed by atoms with van der Waals surface area (Å²) in [5.41, 5.74) is 5.57. The van der Waals surface area contributed by atoms with E-state index in [4.69, 9.17) is 5.73 Å². The minimum Gasteiger partial charge on any atom is -0.325 e. The van der Waals surface area contributed by atoms with Crippen LogP contribution in [-0.4, -0.2) is 20.7 Å². The van der Waals surface area contributed by atoms with Gasteiger partial charge in [-0.15, -0.1) is 11.3 Å². The molecule has 3 N–H and O–H groups in total. The van der Waals surface area contributed by atoms with E-state index in [1.165, 1.54) is 0 Å². The smallest absolute Gasteiger partial charge is 0.191 e. The molecule has 0 aliphatic rings. The molecule has 0 amide bonds. The van der Waals surface area contributed by atoms with Gasteiger partial charge in [-0.2, -0.15) is 5.10 Å². The molecule has 92 valence electrons. The number of nitrogens with zero attached hydrogens (tertiary/aromatic N) is 2. The second kappa shape index (κ2) is 3.92. The van der Waals surface area contributed by atoms with Crippen LogP contribution in [-0.2, 0) is 5.41 Å². The van der Waals surface area contributed by atoms with Crippen LogP contribution < -0.4 is 5.73 Å². The van der Waals surface area contributed by atoms with E-state index in [1.807, 2.05) is 31.4 Å². The fourth-order valence-corrected chi connectivity index (χ4v) is 2.02. The molecule has 2 aromatic heterocycles. The van der Waals surface area contributed by atoms with Crippen LogP contribution in [0.2, 0.25) is 0 Å². The van der Waals surface area contributed by atoms with Gasteiger partial charge >= 0.3 is 0 Å². The molecule has 2 aromatic rings. The molecule has 17 heavy (non-hydrogen) atoms. The van der Waals surface area contributed by atoms with Crippen molar-refractivity contribution < 1.29 is 0 Å². The zero-order chi connectivity index (χ0) is 12.7. The van der Waals surface area contributed by atoms with Crippen molar-refractivity contribution in [2.45, 2.75) is 38.6 Å². The topological polar surface area (TPSA) is 67.6 Å². The van der Waals surface area contributed by atoms with Crippen LogP contribution in [0.1, 0.15) is 33.5 Å². The zero-order valence-corrected chi connectivity index (χ0v) is 11.4. The van der Waals surface area contributed by atoms with Crippen LogP contribution in [0.4, 0.5) is 0 Å². The van der Waals surface area contributed by atoms with Crippen molar-refractivity contribution in [1.82, 2.24) is 15.2 Å². The third-order valence-corrected chi connectivity index (χ3v) is 4.30. The van der Waals surface area contributed by atoms with Crippen LogP contribution >= 0.6 is 11.3 Å². The van der Waals surface area contributed by atoms with Crippen LogP contribution in [0, 0.1) is 0 Å². The number of aromatic nitrogens is 3. The van der Waals surface area contributed by atoms with Gasteiger partial charge in [-0.3, -0.25) is 5.10 Å². The average molecular weight is 250 g/mol. The molecule has 0 fully saturated rings. The lowest BCUT2D eigenvalue weighted by molar-refractivity contribution is 0.292. The summed E-state index contributed by atoms with van der Waals surface area (Å²) in [6.45, 7) is 8.15. The molecule has 0 saturated carbocycles. The lowest BCUT2D eigenvalue weighted by Crippen LogP contribution is -2.50. The molecule has 0 aliphatic carbocycles. The molecule has 0 atom stereocenters. The van der Waals surface area contributed by atoms with Gasteiger partial charge in [0.05, 0.1) is 4.88 Å². The first-order valence-electron chi connectivity index (χ1n) is 5.58. The summed E-state index contributed by atoms with van der Waals surface area (Å²) in [7, 11) is 0. The highest BCUT2D eigenvalue weighted by molar-refractivity contribution is 7.13. The summed E-state index contributed by atoms with van der Waals surface area (Å²) in [5, 5.41) is 9.28. The zero-order valence-electron chi connectivity index (χ0n) is 10.6. The summed E-state index contributed by atoms with van der Waals surface area (Å²) in [4.78, 5) is 5.62. The second-order valence-corrected chi connectivity index (χ2v) is 6.28. The predicted molar refractivity (Wildman–Crippen MR) is 71.0 cm³/mol. The average Bonchev–Trinajstić information content (AvgIpc) is 2.87. The van der Waals surface area contributed by atoms with Crippen LogP contribution in [0.15, 0.2) is 17.5 Å². The van der Waals surface area contributed by atoms with Gasteiger partial charge in [0.15, 0.2) is 5.82 Å². The minimum absolute atomic E-state index is 0.254. The Bertz CT molecular complexity index is 491. The van der Waals surface area contributed by atoms with E-state index < -0.39 is 0 Å². The first kappa shape index (κ1) is 12.3. The van der Waals surface area contributed by atoms with Crippen LogP contribution in [0.25, 0.3) is 10.7 Å². The van der Waals surface area contributed by atoms with Gasteiger partial charge in [0.25, 0.3) is 0 Å². The summed E-state index contributed by atoms with van der Waals surface area (Å²) in [5.74, 6) is 1.57. The molecule has 0 unspecified atom stereocenters. The number of nitrogens with one attached hydrogen (secondary N) is 1. The highest BCUT2D eigenvalue weighted by Gasteiger charge is 2.38. The van der Waals surface area contributed by atoms with Gasteiger partial charge in [0.1, 0.15) is 5.82 Å². The lowest BCUT2D eigenvalue weighted by Gasteiger charge is -2.36. The highest BCUT2D eigenvalue weighted by atomic mass is 32.1. The number of H-pyrrole nitrogens is 1. The van der Waals surface area contributed by atoms with Crippen molar-refractivity contribution in [1.29, 1.82) is 0 Å². The third-order valence-electron chi connectivity index (χ3n) is 3.43. The van der Waals surface area contributed by atoms with Gasteiger partial charge in [-0.1, -0.05) is 19.9 Å². The number of hydrogen-bond donors (Lipinski definition) is 2. The number of aromatic amines is 1. The Morgan fingerprint density at radius 1 is 1.29 bits per heavy atom. The summed E-state index contributed by atoms with van der Waals surface area (Å²) >= 11 is 1.63. The highest BCUT2D eigenvalue weighted by Crippen LogP contribution is 2.32. The molecule has 2 rings (SSSR count). The van der Waals surface area contributed by atoms with Crippen molar-refractivity contribution in [3.8, 4) is 10.7 Å². The van der Waals surface area contributed by atoms with Gasteiger partial charge in [-0.05, 0) is 25.3 Å². The molecule has 0 saturated heterocycles. The van der Waals surface area contributed by atoms with E-state index in [0.717, 1.165) is 16.5 Å². The molecule has 4 nitrogen and oxygen atoms in total. The summed E-state index contributed by atoms with van der Waals surface area (Å²) in [6, 6.07) is 4.01. The van der Waals surface area contributed by atoms with Gasteiger partial charge in [-0.25, -0.2) is 4.98 Å². The van der Waals surface area contributed by atoms with E-state index in [-0.39, 0.29) is 11.0 Å². The Hall–Kier alpha value is -1.20. The second-order valence-electron chi connectivity index (χ2n) is 5.33. The number of nitrogens with two attached hydrogens (primary N) is 1. The molecule has 0 spiro atoms. The molecule has 0 radical (unpaired) electrons. The van der Waals surface area contributed by atoms with Gasteiger partial charge < -0.3 is 5.73 Å². The molecule has 0 bridgehead atoms. The molecular weight excluding hydrogens is 232 g/mol. The number of thiophene rings is 1. The van der Waals surface area contributed by atoms with Crippen molar-refractivity contribution >= 4 is 11.3 Å². The fourth-order valence-electron chi connectivity index (χ4n) is 1.36. The first-order valence-corrected chi connectivity index (χ1v) is 6.46. The standard InChI is InChI=1S/C12H18N4S/c1-11(2,12(3,4)13)10-14-9(15-16-10)8-6-5-7-17-8/h5-7H,13H2,1-4H3,(H,14,15,16). The van der Waals surface area contributed by atoms with Crippen molar-refractivity contribution in [3.05, 3.63) is 23.3 Å². The monoisotopic (exact) mass is 250 g/mol. The molecule has 0 aliphatic heterocycles. The maximum absolute atomic E-state index is 6.19. The lowest BCUT2D eigenvalue weighted by atomic mass is 9.75.